The third kappa shape index (κ3) is 6.26. The van der Waals surface area contributed by atoms with E-state index in [0.717, 1.165) is 19.4 Å². The van der Waals surface area contributed by atoms with Crippen molar-refractivity contribution in [3.8, 4) is 0 Å². The van der Waals surface area contributed by atoms with Crippen LogP contribution in [0.3, 0.4) is 0 Å². The van der Waals surface area contributed by atoms with Crippen molar-refractivity contribution in [3.05, 3.63) is 0 Å². The van der Waals surface area contributed by atoms with E-state index >= 15 is 0 Å². The van der Waals surface area contributed by atoms with Crippen molar-refractivity contribution in [1.29, 1.82) is 0 Å². The van der Waals surface area contributed by atoms with Gasteiger partial charge in [-0.3, -0.25) is 9.59 Å². The average molecular weight is 243 g/mol. The molecule has 0 saturated heterocycles. The fourth-order valence-electron chi connectivity index (χ4n) is 1.24. The first-order chi connectivity index (χ1) is 7.90. The van der Waals surface area contributed by atoms with Crippen LogP contribution >= 0.6 is 0 Å². The number of nitrogens with one attached hydrogen (secondary N) is 1. The van der Waals surface area contributed by atoms with Crippen LogP contribution in [0.5, 0.6) is 0 Å². The van der Waals surface area contributed by atoms with Gasteiger partial charge in [-0.25, -0.2) is 0 Å². The highest BCUT2D eigenvalue weighted by molar-refractivity contribution is 5.87. The number of nitrogens with zero attached hydrogens (tertiary/aromatic N) is 1. The molecule has 0 aromatic heterocycles. The molecule has 0 aromatic carbocycles. The maximum atomic E-state index is 11.6. The van der Waals surface area contributed by atoms with Crippen LogP contribution in [-0.4, -0.2) is 42.9 Å². The molecular weight excluding hydrogens is 218 g/mol. The van der Waals surface area contributed by atoms with E-state index in [4.69, 9.17) is 5.73 Å². The van der Waals surface area contributed by atoms with Gasteiger partial charge in [0.15, 0.2) is 0 Å². The molecule has 100 valence electrons. The van der Waals surface area contributed by atoms with Crippen molar-refractivity contribution in [1.82, 2.24) is 10.2 Å². The summed E-state index contributed by atoms with van der Waals surface area (Å²) in [7, 11) is 1.74. The van der Waals surface area contributed by atoms with Gasteiger partial charge in [-0.1, -0.05) is 27.2 Å². The average Bonchev–Trinajstić information content (AvgIpc) is 2.31. The number of unbranched alkanes of at least 4 members (excludes halogenated alkanes) is 1. The van der Waals surface area contributed by atoms with Crippen LogP contribution < -0.4 is 11.1 Å². The molecule has 0 fully saturated rings. The molecular formula is C12H25N3O2. The Morgan fingerprint density at radius 2 is 1.94 bits per heavy atom. The normalized spacial score (nSPS) is 12.4. The molecule has 0 heterocycles. The summed E-state index contributed by atoms with van der Waals surface area (Å²) >= 11 is 0. The van der Waals surface area contributed by atoms with E-state index in [-0.39, 0.29) is 24.3 Å². The largest absolute Gasteiger partial charge is 0.346 e. The van der Waals surface area contributed by atoms with E-state index in [1.807, 2.05) is 13.8 Å². The quantitative estimate of drug-likeness (QED) is 0.677. The summed E-state index contributed by atoms with van der Waals surface area (Å²) in [5.41, 5.74) is 5.67. The SMILES string of the molecule is CCCCN(C)C(=O)CNC(=O)[C@@H](N)C(C)C. The summed E-state index contributed by atoms with van der Waals surface area (Å²) in [5.74, 6) is -0.275. The van der Waals surface area contributed by atoms with E-state index in [2.05, 4.69) is 12.2 Å². The van der Waals surface area contributed by atoms with Gasteiger partial charge in [0.2, 0.25) is 11.8 Å². The Bertz CT molecular complexity index is 254. The van der Waals surface area contributed by atoms with E-state index in [1.165, 1.54) is 0 Å². The highest BCUT2D eigenvalue weighted by atomic mass is 16.2. The molecule has 0 rings (SSSR count). The minimum atomic E-state index is -0.552. The number of rotatable bonds is 7. The predicted octanol–water partition coefficient (Wildman–Crippen LogP) is 0.344. The molecule has 0 radical (unpaired) electrons. The lowest BCUT2D eigenvalue weighted by Crippen LogP contribution is -2.47. The number of carbonyl (C=O) groups excluding carboxylic acids is 2. The molecule has 0 saturated carbocycles. The summed E-state index contributed by atoms with van der Waals surface area (Å²) in [5, 5.41) is 2.57. The zero-order valence-electron chi connectivity index (χ0n) is 11.3. The van der Waals surface area contributed by atoms with Gasteiger partial charge in [0, 0.05) is 13.6 Å². The Morgan fingerprint density at radius 1 is 1.35 bits per heavy atom. The summed E-state index contributed by atoms with van der Waals surface area (Å²) in [6, 6.07) is -0.552. The Balaban J connectivity index is 3.95. The molecule has 0 aliphatic rings. The zero-order valence-corrected chi connectivity index (χ0v) is 11.3. The summed E-state index contributed by atoms with van der Waals surface area (Å²) in [6.45, 7) is 6.57. The molecule has 3 N–H and O–H groups in total. The lowest BCUT2D eigenvalue weighted by Gasteiger charge is -2.19. The first-order valence-electron chi connectivity index (χ1n) is 6.17. The highest BCUT2D eigenvalue weighted by Crippen LogP contribution is 1.97. The molecule has 0 bridgehead atoms. The van der Waals surface area contributed by atoms with Gasteiger partial charge in [-0.15, -0.1) is 0 Å². The molecule has 0 aliphatic carbocycles. The van der Waals surface area contributed by atoms with Crippen LogP contribution in [0, 0.1) is 5.92 Å². The van der Waals surface area contributed by atoms with Crippen molar-refractivity contribution in [2.45, 2.75) is 39.7 Å². The van der Waals surface area contributed by atoms with Crippen molar-refractivity contribution < 1.29 is 9.59 Å². The number of likely N-dealkylation sites (N-methyl/N-ethyl adjacent to an activating group) is 1. The molecule has 1 atom stereocenters. The van der Waals surface area contributed by atoms with E-state index < -0.39 is 6.04 Å². The Kier molecular flexibility index (Phi) is 7.54. The van der Waals surface area contributed by atoms with Gasteiger partial charge in [0.25, 0.3) is 0 Å². The molecule has 0 aliphatic heterocycles. The van der Waals surface area contributed by atoms with Gasteiger partial charge in [-0.05, 0) is 12.3 Å². The number of hydrogen-bond acceptors (Lipinski definition) is 3. The van der Waals surface area contributed by atoms with Crippen molar-refractivity contribution in [2.75, 3.05) is 20.1 Å². The van der Waals surface area contributed by atoms with Gasteiger partial charge in [-0.2, -0.15) is 0 Å². The molecule has 2 amide bonds. The van der Waals surface area contributed by atoms with Crippen LogP contribution in [0.15, 0.2) is 0 Å². The fraction of sp³-hybridized carbons (Fsp3) is 0.833. The van der Waals surface area contributed by atoms with Gasteiger partial charge in [0.1, 0.15) is 0 Å². The molecule has 0 spiro atoms. The van der Waals surface area contributed by atoms with Gasteiger partial charge in [0.05, 0.1) is 12.6 Å². The van der Waals surface area contributed by atoms with Gasteiger partial charge >= 0.3 is 0 Å². The fourth-order valence-corrected chi connectivity index (χ4v) is 1.24. The minimum absolute atomic E-state index is 0.0272. The van der Waals surface area contributed by atoms with E-state index in [0.29, 0.717) is 0 Å². The van der Waals surface area contributed by atoms with E-state index in [1.54, 1.807) is 11.9 Å². The first-order valence-corrected chi connectivity index (χ1v) is 6.17. The lowest BCUT2D eigenvalue weighted by atomic mass is 10.1. The standard InChI is InChI=1S/C12H25N3O2/c1-5-6-7-15(4)10(16)8-14-12(17)11(13)9(2)3/h9,11H,5-8,13H2,1-4H3,(H,14,17)/t11-/m0/s1. The van der Waals surface area contributed by atoms with E-state index in [9.17, 15) is 9.59 Å². The Hall–Kier alpha value is -1.10. The molecule has 0 unspecified atom stereocenters. The first kappa shape index (κ1) is 15.9. The molecule has 0 aromatic rings. The maximum Gasteiger partial charge on any atom is 0.241 e. The van der Waals surface area contributed by atoms with Crippen molar-refractivity contribution in [2.24, 2.45) is 11.7 Å². The van der Waals surface area contributed by atoms with Crippen molar-refractivity contribution in [3.63, 3.8) is 0 Å². The third-order valence-electron chi connectivity index (χ3n) is 2.71. The zero-order chi connectivity index (χ0) is 13.4. The maximum absolute atomic E-state index is 11.6. The monoisotopic (exact) mass is 243 g/mol. The number of carbonyl (C=O) groups is 2. The lowest BCUT2D eigenvalue weighted by molar-refractivity contribution is -0.132. The number of amides is 2. The second-order valence-electron chi connectivity index (χ2n) is 4.66. The van der Waals surface area contributed by atoms with Crippen molar-refractivity contribution >= 4 is 11.8 Å². The smallest absolute Gasteiger partial charge is 0.241 e. The summed E-state index contributed by atoms with van der Waals surface area (Å²) in [4.78, 5) is 24.8. The molecule has 5 heteroatoms. The minimum Gasteiger partial charge on any atom is -0.346 e. The second kappa shape index (κ2) is 8.06. The van der Waals surface area contributed by atoms with Gasteiger partial charge < -0.3 is 16.0 Å². The van der Waals surface area contributed by atoms with Crippen LogP contribution in [0.1, 0.15) is 33.6 Å². The predicted molar refractivity (Wildman–Crippen MR) is 68.4 cm³/mol. The summed E-state index contributed by atoms with van der Waals surface area (Å²) in [6.07, 6.45) is 2.02. The second-order valence-corrected chi connectivity index (χ2v) is 4.66. The van der Waals surface area contributed by atoms with Crippen LogP contribution in [0.4, 0.5) is 0 Å². The topological polar surface area (TPSA) is 75.4 Å². The number of nitrogens with two attached hydrogens (primary N) is 1. The molecule has 5 nitrogen and oxygen atoms in total. The Labute approximate surface area is 104 Å². The highest BCUT2D eigenvalue weighted by Gasteiger charge is 2.18. The summed E-state index contributed by atoms with van der Waals surface area (Å²) < 4.78 is 0. The molecule has 17 heavy (non-hydrogen) atoms. The number of hydrogen-bond donors (Lipinski definition) is 2. The Morgan fingerprint density at radius 3 is 2.41 bits per heavy atom. The van der Waals surface area contributed by atoms with Crippen LogP contribution in [0.25, 0.3) is 0 Å². The van der Waals surface area contributed by atoms with Crippen LogP contribution in [0.2, 0.25) is 0 Å². The van der Waals surface area contributed by atoms with Crippen LogP contribution in [-0.2, 0) is 9.59 Å². The third-order valence-corrected chi connectivity index (χ3v) is 2.71.